The van der Waals surface area contributed by atoms with Gasteiger partial charge in [0.15, 0.2) is 6.29 Å². The average Bonchev–Trinajstić information content (AvgIpc) is 2.39. The van der Waals surface area contributed by atoms with Crippen molar-refractivity contribution in [2.75, 3.05) is 7.11 Å². The highest BCUT2D eigenvalue weighted by molar-refractivity contribution is 5.86. The van der Waals surface area contributed by atoms with Gasteiger partial charge in [0.2, 0.25) is 0 Å². The van der Waals surface area contributed by atoms with E-state index in [9.17, 15) is 4.79 Å². The highest BCUT2D eigenvalue weighted by Crippen LogP contribution is 2.13. The van der Waals surface area contributed by atoms with Gasteiger partial charge in [-0.05, 0) is 23.8 Å². The molecule has 0 amide bonds. The van der Waals surface area contributed by atoms with Gasteiger partial charge in [-0.2, -0.15) is 5.26 Å². The van der Waals surface area contributed by atoms with Crippen molar-refractivity contribution in [2.24, 2.45) is 0 Å². The molecule has 0 N–H and O–H groups in total. The number of aldehydes is 1. The molecule has 84 valence electrons. The summed E-state index contributed by atoms with van der Waals surface area (Å²) in [5.74, 6) is 0.742. The molecule has 1 aromatic rings. The number of nitriles is 1. The number of hydrogen-bond donors (Lipinski definition) is 0. The number of methoxy groups -OCH3 is 1. The molecule has 0 atom stereocenters. The Kier molecular flexibility index (Phi) is 7.17. The van der Waals surface area contributed by atoms with Crippen LogP contribution in [-0.2, 0) is 4.79 Å². The number of allylic oxidation sites excluding steroid dienone is 1. The maximum Gasteiger partial charge on any atom is 0.160 e. The number of rotatable bonds is 3. The van der Waals surface area contributed by atoms with E-state index >= 15 is 0 Å². The van der Waals surface area contributed by atoms with E-state index in [1.165, 1.54) is 6.08 Å². The van der Waals surface area contributed by atoms with E-state index in [0.29, 0.717) is 6.29 Å². The molecule has 0 aliphatic carbocycles. The van der Waals surface area contributed by atoms with Crippen LogP contribution >= 0.6 is 0 Å². The average molecular weight is 217 g/mol. The Balaban J connectivity index is 0.00000106. The molecule has 0 saturated heterocycles. The smallest absolute Gasteiger partial charge is 0.160 e. The predicted molar refractivity (Wildman–Crippen MR) is 64.0 cm³/mol. The molecule has 0 heterocycles. The number of carbonyl (C=O) groups is 1. The van der Waals surface area contributed by atoms with E-state index in [1.807, 2.05) is 13.8 Å². The van der Waals surface area contributed by atoms with E-state index in [1.54, 1.807) is 37.4 Å². The summed E-state index contributed by atoms with van der Waals surface area (Å²) >= 11 is 0. The van der Waals surface area contributed by atoms with Crippen LogP contribution in [-0.4, -0.2) is 13.4 Å². The first-order valence-corrected chi connectivity index (χ1v) is 5.01. The summed E-state index contributed by atoms with van der Waals surface area (Å²) < 4.78 is 4.97. The molecule has 0 unspecified atom stereocenters. The monoisotopic (exact) mass is 217 g/mol. The van der Waals surface area contributed by atoms with Crippen LogP contribution in [0.3, 0.4) is 0 Å². The van der Waals surface area contributed by atoms with Gasteiger partial charge >= 0.3 is 0 Å². The summed E-state index contributed by atoms with van der Waals surface area (Å²) in [5.41, 5.74) is 0.907. The molecule has 3 nitrogen and oxygen atoms in total. The van der Waals surface area contributed by atoms with Crippen molar-refractivity contribution < 1.29 is 9.53 Å². The minimum absolute atomic E-state index is 0.107. The van der Waals surface area contributed by atoms with Gasteiger partial charge in [-0.25, -0.2) is 0 Å². The van der Waals surface area contributed by atoms with Crippen molar-refractivity contribution >= 4 is 12.4 Å². The molecule has 0 fully saturated rings. The molecule has 1 rings (SSSR count). The third kappa shape index (κ3) is 4.43. The largest absolute Gasteiger partial charge is 0.497 e. The van der Waals surface area contributed by atoms with Crippen LogP contribution in [0.1, 0.15) is 19.4 Å². The lowest BCUT2D eigenvalue weighted by Crippen LogP contribution is -1.83. The van der Waals surface area contributed by atoms with Crippen LogP contribution in [0.15, 0.2) is 29.8 Å². The van der Waals surface area contributed by atoms with Crippen LogP contribution in [0.4, 0.5) is 0 Å². The van der Waals surface area contributed by atoms with Crippen molar-refractivity contribution in [3.63, 3.8) is 0 Å². The van der Waals surface area contributed by atoms with E-state index in [-0.39, 0.29) is 5.57 Å². The molecule has 16 heavy (non-hydrogen) atoms. The van der Waals surface area contributed by atoms with Crippen LogP contribution < -0.4 is 4.74 Å². The summed E-state index contributed by atoms with van der Waals surface area (Å²) in [6.45, 7) is 4.00. The van der Waals surface area contributed by atoms with Crippen LogP contribution in [0.25, 0.3) is 6.08 Å². The van der Waals surface area contributed by atoms with Gasteiger partial charge in [0.25, 0.3) is 0 Å². The molecule has 0 aliphatic rings. The quantitative estimate of drug-likeness (QED) is 0.444. The number of hydrogen-bond acceptors (Lipinski definition) is 3. The number of nitrogens with zero attached hydrogens (tertiary/aromatic N) is 1. The molecular formula is C13H15NO2. The standard InChI is InChI=1S/C11H9NO2.C2H6/c1-14-11-4-2-9(3-5-11)6-10(7-12)8-13;1-2/h2-6,8H,1H3;1-2H3/b10-6+;. The Labute approximate surface area is 96.0 Å². The van der Waals surface area contributed by atoms with Gasteiger partial charge in [0.05, 0.1) is 12.7 Å². The molecule has 0 aromatic heterocycles. The van der Waals surface area contributed by atoms with Crippen molar-refractivity contribution in [3.8, 4) is 11.8 Å². The minimum Gasteiger partial charge on any atom is -0.497 e. The van der Waals surface area contributed by atoms with E-state index in [4.69, 9.17) is 10.00 Å². The number of benzene rings is 1. The molecule has 0 bridgehead atoms. The highest BCUT2D eigenvalue weighted by atomic mass is 16.5. The first-order chi connectivity index (χ1) is 7.80. The van der Waals surface area contributed by atoms with Gasteiger partial charge in [-0.3, -0.25) is 4.79 Å². The second-order valence-corrected chi connectivity index (χ2v) is 2.60. The van der Waals surface area contributed by atoms with Gasteiger partial charge < -0.3 is 4.74 Å². The van der Waals surface area contributed by atoms with E-state index in [0.717, 1.165) is 11.3 Å². The minimum atomic E-state index is 0.107. The summed E-state index contributed by atoms with van der Waals surface area (Å²) in [7, 11) is 1.58. The second kappa shape index (κ2) is 8.25. The molecule has 3 heteroatoms. The fraction of sp³-hybridized carbons (Fsp3) is 0.231. The van der Waals surface area contributed by atoms with Crippen molar-refractivity contribution in [1.29, 1.82) is 5.26 Å². The van der Waals surface area contributed by atoms with Gasteiger partial charge in [-0.1, -0.05) is 26.0 Å². The van der Waals surface area contributed by atoms with Gasteiger partial charge in [0.1, 0.15) is 11.8 Å². The molecular weight excluding hydrogens is 202 g/mol. The molecule has 1 aromatic carbocycles. The van der Waals surface area contributed by atoms with Gasteiger partial charge in [-0.15, -0.1) is 0 Å². The lowest BCUT2D eigenvalue weighted by molar-refractivity contribution is -0.104. The lowest BCUT2D eigenvalue weighted by Gasteiger charge is -1.98. The SMILES string of the molecule is CC.COc1ccc(/C=C(\C#N)C=O)cc1. The molecule has 0 aliphatic heterocycles. The summed E-state index contributed by atoms with van der Waals surface area (Å²) in [6, 6.07) is 8.88. The third-order valence-electron chi connectivity index (χ3n) is 1.69. The first-order valence-electron chi connectivity index (χ1n) is 5.01. The summed E-state index contributed by atoms with van der Waals surface area (Å²) in [4.78, 5) is 10.3. The van der Waals surface area contributed by atoms with Crippen LogP contribution in [0.2, 0.25) is 0 Å². The number of ether oxygens (including phenoxy) is 1. The fourth-order valence-corrected chi connectivity index (χ4v) is 0.972. The topological polar surface area (TPSA) is 50.1 Å². The summed E-state index contributed by atoms with van der Waals surface area (Å²) in [5, 5.41) is 8.51. The Hall–Kier alpha value is -2.08. The van der Waals surface area contributed by atoms with E-state index in [2.05, 4.69) is 0 Å². The second-order valence-electron chi connectivity index (χ2n) is 2.60. The van der Waals surface area contributed by atoms with E-state index < -0.39 is 0 Å². The third-order valence-corrected chi connectivity index (χ3v) is 1.69. The van der Waals surface area contributed by atoms with Crippen LogP contribution in [0, 0.1) is 11.3 Å². The fourth-order valence-electron chi connectivity index (χ4n) is 0.972. The zero-order valence-electron chi connectivity index (χ0n) is 9.73. The molecule has 0 saturated carbocycles. The van der Waals surface area contributed by atoms with Crippen molar-refractivity contribution in [3.05, 3.63) is 35.4 Å². The Morgan fingerprint density at radius 2 is 1.88 bits per heavy atom. The zero-order chi connectivity index (χ0) is 12.4. The first kappa shape index (κ1) is 13.9. The lowest BCUT2D eigenvalue weighted by atomic mass is 10.1. The molecule has 0 spiro atoms. The van der Waals surface area contributed by atoms with Crippen molar-refractivity contribution in [2.45, 2.75) is 13.8 Å². The summed E-state index contributed by atoms with van der Waals surface area (Å²) in [6.07, 6.45) is 2.05. The highest BCUT2D eigenvalue weighted by Gasteiger charge is 1.94. The Morgan fingerprint density at radius 3 is 2.25 bits per heavy atom. The molecule has 0 radical (unpaired) electrons. The number of carbonyl (C=O) groups excluding carboxylic acids is 1. The Morgan fingerprint density at radius 1 is 1.31 bits per heavy atom. The maximum absolute atomic E-state index is 10.3. The van der Waals surface area contributed by atoms with Gasteiger partial charge in [0, 0.05) is 0 Å². The van der Waals surface area contributed by atoms with Crippen molar-refractivity contribution in [1.82, 2.24) is 0 Å². The predicted octanol–water partition coefficient (Wildman–Crippen LogP) is 2.83. The maximum atomic E-state index is 10.3. The zero-order valence-corrected chi connectivity index (χ0v) is 9.73. The Bertz CT molecular complexity index is 385. The van der Waals surface area contributed by atoms with Crippen LogP contribution in [0.5, 0.6) is 5.75 Å². The normalized spacial score (nSPS) is 9.50.